The minimum atomic E-state index is -1.26. The summed E-state index contributed by atoms with van der Waals surface area (Å²) in [4.78, 5) is 10.5. The van der Waals surface area contributed by atoms with E-state index in [0.717, 1.165) is 0 Å². The van der Waals surface area contributed by atoms with Crippen molar-refractivity contribution in [3.05, 3.63) is 34.9 Å². The fourth-order valence-electron chi connectivity index (χ4n) is 0.976. The highest BCUT2D eigenvalue weighted by Gasteiger charge is 2.12. The first-order valence-corrected chi connectivity index (χ1v) is 4.20. The fourth-order valence-corrected chi connectivity index (χ4v) is 1.18. The molecule has 5 heteroatoms. The molecule has 0 aliphatic rings. The molecule has 0 bridgehead atoms. The van der Waals surface area contributed by atoms with Crippen LogP contribution in [0.2, 0.25) is 5.02 Å². The summed E-state index contributed by atoms with van der Waals surface area (Å²) < 4.78 is 0. The molecule has 0 radical (unpaired) electrons. The van der Waals surface area contributed by atoms with Crippen LogP contribution in [0.3, 0.4) is 0 Å². The van der Waals surface area contributed by atoms with Gasteiger partial charge in [-0.2, -0.15) is 0 Å². The smallest absolute Gasteiger partial charge is 0.354 e. The molecule has 0 aliphatic carbocycles. The molecule has 14 heavy (non-hydrogen) atoms. The molecule has 4 nitrogen and oxygen atoms in total. The minimum absolute atomic E-state index is 0.00546. The van der Waals surface area contributed by atoms with E-state index in [9.17, 15) is 4.79 Å². The third-order valence-electron chi connectivity index (χ3n) is 1.68. The van der Waals surface area contributed by atoms with E-state index in [1.54, 1.807) is 24.3 Å². The summed E-state index contributed by atoms with van der Waals surface area (Å²) in [5, 5.41) is 20.1. The van der Waals surface area contributed by atoms with E-state index in [1.165, 1.54) is 0 Å². The molecule has 1 rings (SSSR count). The monoisotopic (exact) mass is 213 g/mol. The van der Waals surface area contributed by atoms with E-state index in [2.05, 4.69) is 5.16 Å². The summed E-state index contributed by atoms with van der Waals surface area (Å²) in [6, 6.07) is 6.80. The summed E-state index contributed by atoms with van der Waals surface area (Å²) in [6.45, 7) is 0. The Morgan fingerprint density at radius 3 is 2.57 bits per heavy atom. The molecule has 0 atom stereocenters. The largest absolute Gasteiger partial charge is 0.477 e. The Hall–Kier alpha value is -1.55. The predicted octanol–water partition coefficient (Wildman–Crippen LogP) is 1.80. The Morgan fingerprint density at radius 1 is 1.43 bits per heavy atom. The highest BCUT2D eigenvalue weighted by Crippen LogP contribution is 2.15. The number of carbonyl (C=O) groups is 1. The average Bonchev–Trinajstić information content (AvgIpc) is 2.16. The van der Waals surface area contributed by atoms with Gasteiger partial charge in [-0.05, 0) is 11.6 Å². The Labute approximate surface area is 85.4 Å². The highest BCUT2D eigenvalue weighted by molar-refractivity contribution is 6.37. The van der Waals surface area contributed by atoms with Crippen molar-refractivity contribution < 1.29 is 15.1 Å². The molecule has 0 saturated carbocycles. The van der Waals surface area contributed by atoms with Gasteiger partial charge in [0, 0.05) is 11.4 Å². The third kappa shape index (κ3) is 2.47. The van der Waals surface area contributed by atoms with Gasteiger partial charge in [0.1, 0.15) is 0 Å². The first-order valence-electron chi connectivity index (χ1n) is 3.82. The molecule has 74 valence electrons. The Balaban J connectivity index is 2.88. The summed E-state index contributed by atoms with van der Waals surface area (Å²) in [5.41, 5.74) is 0.280. The normalized spacial score (nSPS) is 11.4. The van der Waals surface area contributed by atoms with Crippen molar-refractivity contribution in [3.63, 3.8) is 0 Å². The zero-order valence-electron chi connectivity index (χ0n) is 7.14. The van der Waals surface area contributed by atoms with Crippen molar-refractivity contribution in [1.82, 2.24) is 0 Å². The number of hydrogen-bond acceptors (Lipinski definition) is 3. The van der Waals surface area contributed by atoms with Gasteiger partial charge in [-0.3, -0.25) is 0 Å². The second-order valence-corrected chi connectivity index (χ2v) is 3.03. The van der Waals surface area contributed by atoms with Crippen molar-refractivity contribution in [3.8, 4) is 0 Å². The number of hydrogen-bond donors (Lipinski definition) is 2. The number of aliphatic carboxylic acids is 1. The molecule has 1 aromatic carbocycles. The SMILES string of the molecule is O=C(O)/C(Cc1ccccc1Cl)=N\O. The molecular formula is C9H8ClNO3. The lowest BCUT2D eigenvalue weighted by Gasteiger charge is -2.01. The van der Waals surface area contributed by atoms with Gasteiger partial charge in [-0.1, -0.05) is 35.0 Å². The summed E-state index contributed by atoms with van der Waals surface area (Å²) in [6.07, 6.45) is 0.00546. The van der Waals surface area contributed by atoms with Crippen molar-refractivity contribution in [1.29, 1.82) is 0 Å². The predicted molar refractivity (Wildman–Crippen MR) is 52.0 cm³/mol. The summed E-state index contributed by atoms with van der Waals surface area (Å²) >= 11 is 5.80. The van der Waals surface area contributed by atoms with Crippen LogP contribution in [0.15, 0.2) is 29.4 Å². The summed E-state index contributed by atoms with van der Waals surface area (Å²) in [7, 11) is 0. The van der Waals surface area contributed by atoms with Crippen LogP contribution in [0.25, 0.3) is 0 Å². The Kier molecular flexibility index (Phi) is 3.48. The molecule has 0 aliphatic heterocycles. The van der Waals surface area contributed by atoms with E-state index >= 15 is 0 Å². The molecule has 2 N–H and O–H groups in total. The van der Waals surface area contributed by atoms with Gasteiger partial charge < -0.3 is 10.3 Å². The lowest BCUT2D eigenvalue weighted by atomic mass is 10.1. The number of rotatable bonds is 3. The number of nitrogens with zero attached hydrogens (tertiary/aromatic N) is 1. The number of carboxylic acid groups (broad SMARTS) is 1. The maximum absolute atomic E-state index is 10.5. The van der Waals surface area contributed by atoms with Gasteiger partial charge in [0.15, 0.2) is 5.71 Å². The zero-order valence-corrected chi connectivity index (χ0v) is 7.90. The van der Waals surface area contributed by atoms with Crippen molar-refractivity contribution in [2.75, 3.05) is 0 Å². The molecular weight excluding hydrogens is 206 g/mol. The molecule has 0 saturated heterocycles. The third-order valence-corrected chi connectivity index (χ3v) is 2.05. The standard InChI is InChI=1S/C9H8ClNO3/c10-7-4-2-1-3-6(7)5-8(11-14)9(12)13/h1-4,14H,5H2,(H,12,13)/b11-8-. The molecule has 0 spiro atoms. The lowest BCUT2D eigenvalue weighted by molar-refractivity contribution is -0.129. The molecule has 0 fully saturated rings. The van der Waals surface area contributed by atoms with Gasteiger partial charge in [0.2, 0.25) is 0 Å². The maximum atomic E-state index is 10.5. The molecule has 0 heterocycles. The number of halogens is 1. The van der Waals surface area contributed by atoms with E-state index in [-0.39, 0.29) is 12.1 Å². The summed E-state index contributed by atoms with van der Waals surface area (Å²) in [5.74, 6) is -1.26. The van der Waals surface area contributed by atoms with E-state index in [1.807, 2.05) is 0 Å². The van der Waals surface area contributed by atoms with Crippen LogP contribution in [-0.4, -0.2) is 22.0 Å². The van der Waals surface area contributed by atoms with Crippen molar-refractivity contribution in [2.45, 2.75) is 6.42 Å². The first-order chi connectivity index (χ1) is 6.65. The lowest BCUT2D eigenvalue weighted by Crippen LogP contribution is -2.16. The van der Waals surface area contributed by atoms with Crippen LogP contribution in [-0.2, 0) is 11.2 Å². The van der Waals surface area contributed by atoms with Gasteiger partial charge in [-0.25, -0.2) is 4.79 Å². The van der Waals surface area contributed by atoms with Crippen LogP contribution in [0.4, 0.5) is 0 Å². The van der Waals surface area contributed by atoms with Crippen LogP contribution in [0.5, 0.6) is 0 Å². The van der Waals surface area contributed by atoms with Gasteiger partial charge in [0.05, 0.1) is 0 Å². The van der Waals surface area contributed by atoms with Crippen molar-refractivity contribution >= 4 is 23.3 Å². The number of oxime groups is 1. The number of benzene rings is 1. The fraction of sp³-hybridized carbons (Fsp3) is 0.111. The minimum Gasteiger partial charge on any atom is -0.477 e. The molecule has 0 amide bonds. The van der Waals surface area contributed by atoms with Gasteiger partial charge >= 0.3 is 5.97 Å². The molecule has 0 unspecified atom stereocenters. The number of carboxylic acids is 1. The van der Waals surface area contributed by atoms with Crippen molar-refractivity contribution in [2.24, 2.45) is 5.16 Å². The second kappa shape index (κ2) is 4.62. The maximum Gasteiger partial charge on any atom is 0.354 e. The highest BCUT2D eigenvalue weighted by atomic mass is 35.5. The van der Waals surface area contributed by atoms with Crippen LogP contribution in [0, 0.1) is 0 Å². The van der Waals surface area contributed by atoms with Crippen LogP contribution >= 0.6 is 11.6 Å². The zero-order chi connectivity index (χ0) is 10.6. The quantitative estimate of drug-likeness (QED) is 0.457. The second-order valence-electron chi connectivity index (χ2n) is 2.62. The molecule has 0 aromatic heterocycles. The van der Waals surface area contributed by atoms with E-state index in [0.29, 0.717) is 10.6 Å². The van der Waals surface area contributed by atoms with Crippen LogP contribution < -0.4 is 0 Å². The Morgan fingerprint density at radius 2 is 2.07 bits per heavy atom. The Bertz CT molecular complexity index is 376. The van der Waals surface area contributed by atoms with E-state index < -0.39 is 5.97 Å². The molecule has 1 aromatic rings. The van der Waals surface area contributed by atoms with Crippen LogP contribution in [0.1, 0.15) is 5.56 Å². The van der Waals surface area contributed by atoms with E-state index in [4.69, 9.17) is 21.9 Å². The topological polar surface area (TPSA) is 69.9 Å². The average molecular weight is 214 g/mol. The van der Waals surface area contributed by atoms with Gasteiger partial charge in [-0.15, -0.1) is 0 Å². The first kappa shape index (κ1) is 10.5. The van der Waals surface area contributed by atoms with Gasteiger partial charge in [0.25, 0.3) is 0 Å².